The van der Waals surface area contributed by atoms with Crippen molar-refractivity contribution in [1.29, 1.82) is 0 Å². The third-order valence-electron chi connectivity index (χ3n) is 5.36. The summed E-state index contributed by atoms with van der Waals surface area (Å²) in [5.74, 6) is 0. The highest BCUT2D eigenvalue weighted by molar-refractivity contribution is 7.97. The molecule has 4 N–H and O–H groups in total. The van der Waals surface area contributed by atoms with E-state index in [9.17, 15) is 4.79 Å². The molecule has 2 amide bonds. The maximum Gasteiger partial charge on any atom is 0.316 e. The Bertz CT molecular complexity index is 817. The van der Waals surface area contributed by atoms with Gasteiger partial charge >= 0.3 is 6.03 Å². The minimum absolute atomic E-state index is 0.436. The molecule has 2 aliphatic rings. The smallest absolute Gasteiger partial charge is 0.316 e. The van der Waals surface area contributed by atoms with Gasteiger partial charge in [-0.1, -0.05) is 18.2 Å². The molecule has 0 saturated heterocycles. The van der Waals surface area contributed by atoms with Crippen LogP contribution in [0.15, 0.2) is 35.2 Å². The standard InChI is InChI=1S/C13H16N2O.C10H16N2S/c14-13(16)15-12-10-5-1-3-8(10)7-9-4-2-6-11(9)12;1-11-13-10-6-4-9(5-7-10)8-12(2)3/h7H,1-6H2,(H3,14,15,16);4-7,11H,8H2,1-3H3. The Morgan fingerprint density at radius 2 is 1.62 bits per heavy atom. The number of nitrogens with one attached hydrogen (secondary N) is 2. The first-order chi connectivity index (χ1) is 14.0. The number of hydrogen-bond acceptors (Lipinski definition) is 4. The summed E-state index contributed by atoms with van der Waals surface area (Å²) in [5.41, 5.74) is 13.2. The summed E-state index contributed by atoms with van der Waals surface area (Å²) in [7, 11) is 6.09. The molecule has 4 rings (SSSR count). The molecular weight excluding hydrogens is 380 g/mol. The number of primary amides is 1. The third-order valence-corrected chi connectivity index (χ3v) is 6.08. The number of carbonyl (C=O) groups is 1. The molecule has 0 aromatic heterocycles. The van der Waals surface area contributed by atoms with Gasteiger partial charge in [-0.2, -0.15) is 0 Å². The molecule has 0 heterocycles. The minimum atomic E-state index is -0.436. The summed E-state index contributed by atoms with van der Waals surface area (Å²) < 4.78 is 3.05. The predicted octanol–water partition coefficient (Wildman–Crippen LogP) is 4.13. The molecule has 2 aromatic carbocycles. The van der Waals surface area contributed by atoms with Crippen LogP contribution >= 0.6 is 11.9 Å². The van der Waals surface area contributed by atoms with Gasteiger partial charge in [0.1, 0.15) is 0 Å². The molecule has 0 bridgehead atoms. The van der Waals surface area contributed by atoms with Crippen LogP contribution in [0.2, 0.25) is 0 Å². The fourth-order valence-corrected chi connectivity index (χ4v) is 4.74. The Kier molecular flexibility index (Phi) is 7.58. The first kappa shape index (κ1) is 21.7. The maximum absolute atomic E-state index is 11.1. The van der Waals surface area contributed by atoms with E-state index >= 15 is 0 Å². The van der Waals surface area contributed by atoms with Crippen LogP contribution in [0.5, 0.6) is 0 Å². The van der Waals surface area contributed by atoms with Crippen molar-refractivity contribution in [2.24, 2.45) is 5.73 Å². The monoisotopic (exact) mass is 412 g/mol. The molecule has 2 aromatic rings. The fraction of sp³-hybridized carbons (Fsp3) is 0.435. The highest BCUT2D eigenvalue weighted by Crippen LogP contribution is 2.38. The molecule has 2 aliphatic carbocycles. The number of aryl methyl sites for hydroxylation is 2. The second-order valence-electron chi connectivity index (χ2n) is 7.91. The first-order valence-corrected chi connectivity index (χ1v) is 11.1. The zero-order valence-electron chi connectivity index (χ0n) is 17.7. The van der Waals surface area contributed by atoms with Gasteiger partial charge in [-0.15, -0.1) is 0 Å². The quantitative estimate of drug-likeness (QED) is 0.646. The normalized spacial score (nSPS) is 14.2. The van der Waals surface area contributed by atoms with Gasteiger partial charge in [0.15, 0.2) is 0 Å². The number of urea groups is 1. The Balaban J connectivity index is 0.000000170. The van der Waals surface area contributed by atoms with Crippen molar-refractivity contribution in [2.75, 3.05) is 26.5 Å². The molecule has 5 nitrogen and oxygen atoms in total. The minimum Gasteiger partial charge on any atom is -0.351 e. The molecule has 0 spiro atoms. The number of nitrogens with zero attached hydrogens (tertiary/aromatic N) is 1. The zero-order chi connectivity index (χ0) is 20.8. The Morgan fingerprint density at radius 3 is 2.10 bits per heavy atom. The second kappa shape index (κ2) is 10.1. The summed E-state index contributed by atoms with van der Waals surface area (Å²) in [4.78, 5) is 14.5. The van der Waals surface area contributed by atoms with Gasteiger partial charge in [0, 0.05) is 17.1 Å². The van der Waals surface area contributed by atoms with Crippen LogP contribution in [0.25, 0.3) is 0 Å². The Morgan fingerprint density at radius 1 is 1.03 bits per heavy atom. The SMILES string of the molecule is CNSc1ccc(CN(C)C)cc1.NC(=O)Nc1c2c(cc3c1CCC3)CCC2. The van der Waals surface area contributed by atoms with Crippen molar-refractivity contribution in [3.8, 4) is 0 Å². The van der Waals surface area contributed by atoms with Crippen molar-refractivity contribution in [1.82, 2.24) is 9.62 Å². The Hall–Kier alpha value is -2.02. The van der Waals surface area contributed by atoms with Gasteiger partial charge in [0.2, 0.25) is 0 Å². The maximum atomic E-state index is 11.1. The van der Waals surface area contributed by atoms with Crippen LogP contribution in [-0.2, 0) is 32.2 Å². The predicted molar refractivity (Wildman–Crippen MR) is 122 cm³/mol. The van der Waals surface area contributed by atoms with Crippen molar-refractivity contribution in [2.45, 2.75) is 50.0 Å². The van der Waals surface area contributed by atoms with Gasteiger partial charge in [-0.25, -0.2) is 4.79 Å². The van der Waals surface area contributed by atoms with Crippen LogP contribution in [0, 0.1) is 0 Å². The number of fused-ring (bicyclic) bond motifs is 2. The second-order valence-corrected chi connectivity index (χ2v) is 8.99. The number of rotatable bonds is 5. The number of anilines is 1. The van der Waals surface area contributed by atoms with Crippen LogP contribution in [-0.4, -0.2) is 32.1 Å². The molecule has 156 valence electrons. The lowest BCUT2D eigenvalue weighted by Crippen LogP contribution is -2.21. The lowest BCUT2D eigenvalue weighted by Gasteiger charge is -2.14. The third kappa shape index (κ3) is 5.75. The topological polar surface area (TPSA) is 70.4 Å². The van der Waals surface area contributed by atoms with Crippen molar-refractivity contribution in [3.63, 3.8) is 0 Å². The summed E-state index contributed by atoms with van der Waals surface area (Å²) in [6.07, 6.45) is 6.86. The van der Waals surface area contributed by atoms with Crippen LogP contribution in [0.1, 0.15) is 40.7 Å². The zero-order valence-corrected chi connectivity index (χ0v) is 18.5. The van der Waals surface area contributed by atoms with Crippen LogP contribution in [0.3, 0.4) is 0 Å². The molecule has 0 atom stereocenters. The van der Waals surface area contributed by atoms with Gasteiger partial charge in [-0.05, 0) is 112 Å². The number of carbonyl (C=O) groups excluding carboxylic acids is 1. The lowest BCUT2D eigenvalue weighted by molar-refractivity contribution is 0.259. The van der Waals surface area contributed by atoms with E-state index in [-0.39, 0.29) is 0 Å². The molecular formula is C23H32N4OS. The molecule has 0 aliphatic heterocycles. The molecule has 6 heteroatoms. The molecule has 0 radical (unpaired) electrons. The molecule has 0 saturated carbocycles. The van der Waals surface area contributed by atoms with Crippen LogP contribution in [0.4, 0.5) is 10.5 Å². The average molecular weight is 413 g/mol. The van der Waals surface area contributed by atoms with E-state index in [2.05, 4.69) is 59.4 Å². The van der Waals surface area contributed by atoms with Crippen molar-refractivity contribution >= 4 is 23.7 Å². The average Bonchev–Trinajstić information content (AvgIpc) is 3.32. The van der Waals surface area contributed by atoms with Crippen molar-refractivity contribution < 1.29 is 4.79 Å². The van der Waals surface area contributed by atoms with E-state index in [0.29, 0.717) is 0 Å². The summed E-state index contributed by atoms with van der Waals surface area (Å²) in [6, 6.07) is 10.5. The van der Waals surface area contributed by atoms with Gasteiger partial charge in [-0.3, -0.25) is 4.72 Å². The van der Waals surface area contributed by atoms with E-state index in [1.807, 2.05) is 7.05 Å². The van der Waals surface area contributed by atoms with E-state index in [1.54, 1.807) is 11.9 Å². The number of amides is 2. The van der Waals surface area contributed by atoms with Gasteiger partial charge < -0.3 is 16.0 Å². The highest BCUT2D eigenvalue weighted by atomic mass is 32.2. The largest absolute Gasteiger partial charge is 0.351 e. The summed E-state index contributed by atoms with van der Waals surface area (Å²) in [5, 5.41) is 2.84. The van der Waals surface area contributed by atoms with E-state index in [4.69, 9.17) is 5.73 Å². The number of hydrogen-bond donors (Lipinski definition) is 3. The first-order valence-electron chi connectivity index (χ1n) is 10.3. The highest BCUT2D eigenvalue weighted by Gasteiger charge is 2.24. The van der Waals surface area contributed by atoms with Crippen molar-refractivity contribution in [3.05, 3.63) is 58.1 Å². The van der Waals surface area contributed by atoms with Crippen LogP contribution < -0.4 is 15.8 Å². The number of benzene rings is 2. The lowest BCUT2D eigenvalue weighted by atomic mass is 9.99. The van der Waals surface area contributed by atoms with E-state index in [0.717, 1.165) is 37.9 Å². The van der Waals surface area contributed by atoms with Gasteiger partial charge in [0.05, 0.1) is 0 Å². The van der Waals surface area contributed by atoms with E-state index < -0.39 is 6.03 Å². The summed E-state index contributed by atoms with van der Waals surface area (Å²) in [6.45, 7) is 1.00. The summed E-state index contributed by atoms with van der Waals surface area (Å²) >= 11 is 1.64. The molecule has 0 unspecified atom stereocenters. The van der Waals surface area contributed by atoms with E-state index in [1.165, 1.54) is 45.6 Å². The Labute approximate surface area is 178 Å². The number of nitrogens with two attached hydrogens (primary N) is 1. The fourth-order valence-electron chi connectivity index (χ4n) is 4.24. The van der Waals surface area contributed by atoms with Gasteiger partial charge in [0.25, 0.3) is 0 Å². The molecule has 0 fully saturated rings. The molecule has 29 heavy (non-hydrogen) atoms.